The molecule has 0 aliphatic carbocycles. The highest BCUT2D eigenvalue weighted by Crippen LogP contribution is 2.15. The van der Waals surface area contributed by atoms with Crippen LogP contribution in [0, 0.1) is 6.92 Å². The molecule has 16 heavy (non-hydrogen) atoms. The highest BCUT2D eigenvalue weighted by atomic mass is 16.5. The van der Waals surface area contributed by atoms with E-state index >= 15 is 0 Å². The zero-order valence-corrected chi connectivity index (χ0v) is 9.97. The minimum atomic E-state index is 1.05. The molecule has 1 aromatic heterocycles. The maximum absolute atomic E-state index is 4.79. The van der Waals surface area contributed by atoms with Crippen LogP contribution in [0.3, 0.4) is 0 Å². The summed E-state index contributed by atoms with van der Waals surface area (Å²) in [5, 5.41) is 0. The van der Waals surface area contributed by atoms with Gasteiger partial charge < -0.3 is 4.74 Å². The van der Waals surface area contributed by atoms with E-state index in [4.69, 9.17) is 4.74 Å². The number of ether oxygens (including phenoxy) is 1. The Morgan fingerprint density at radius 2 is 2.12 bits per heavy atom. The van der Waals surface area contributed by atoms with Crippen molar-refractivity contribution in [1.82, 2.24) is 4.98 Å². The van der Waals surface area contributed by atoms with E-state index < -0.39 is 0 Å². The number of nitrogens with zero attached hydrogens (tertiary/aromatic N) is 1. The zero-order valence-electron chi connectivity index (χ0n) is 9.97. The topological polar surface area (TPSA) is 22.1 Å². The van der Waals surface area contributed by atoms with Crippen molar-refractivity contribution < 1.29 is 4.74 Å². The second-order valence-electron chi connectivity index (χ2n) is 3.44. The first-order chi connectivity index (χ1) is 7.75. The second-order valence-corrected chi connectivity index (χ2v) is 3.44. The van der Waals surface area contributed by atoms with Crippen LogP contribution in [0.15, 0.2) is 48.9 Å². The second kappa shape index (κ2) is 6.62. The summed E-state index contributed by atoms with van der Waals surface area (Å²) in [5.74, 6) is 0. The molecule has 0 aliphatic rings. The van der Waals surface area contributed by atoms with E-state index in [0.717, 1.165) is 5.69 Å². The average Bonchev–Trinajstić information content (AvgIpc) is 2.29. The molecule has 0 spiro atoms. The van der Waals surface area contributed by atoms with Gasteiger partial charge in [-0.05, 0) is 37.1 Å². The molecule has 0 radical (unpaired) electrons. The monoisotopic (exact) mass is 215 g/mol. The first kappa shape index (κ1) is 12.2. The smallest absolute Gasteiger partial charge is 0.0824 e. The summed E-state index contributed by atoms with van der Waals surface area (Å²) in [6.07, 6.45) is 11.3. The van der Waals surface area contributed by atoms with E-state index in [9.17, 15) is 0 Å². The van der Waals surface area contributed by atoms with Gasteiger partial charge in [0.1, 0.15) is 0 Å². The highest BCUT2D eigenvalue weighted by Gasteiger charge is 1.98. The molecule has 1 heterocycles. The molecule has 1 aromatic rings. The maximum Gasteiger partial charge on any atom is 0.0824 e. The van der Waals surface area contributed by atoms with Gasteiger partial charge in [-0.2, -0.15) is 0 Å². The van der Waals surface area contributed by atoms with E-state index in [-0.39, 0.29) is 0 Å². The Morgan fingerprint density at radius 1 is 1.31 bits per heavy atom. The van der Waals surface area contributed by atoms with E-state index in [1.54, 1.807) is 13.4 Å². The van der Waals surface area contributed by atoms with E-state index in [0.29, 0.717) is 0 Å². The predicted octanol–water partition coefficient (Wildman–Crippen LogP) is 3.51. The minimum absolute atomic E-state index is 1.05. The number of pyridine rings is 1. The van der Waals surface area contributed by atoms with Crippen molar-refractivity contribution in [2.24, 2.45) is 0 Å². The summed E-state index contributed by atoms with van der Waals surface area (Å²) < 4.78 is 4.79. The molecule has 0 saturated carbocycles. The van der Waals surface area contributed by atoms with Gasteiger partial charge in [0.15, 0.2) is 0 Å². The van der Waals surface area contributed by atoms with Crippen molar-refractivity contribution in [2.75, 3.05) is 7.11 Å². The molecule has 0 unspecified atom stereocenters. The maximum atomic E-state index is 4.79. The molecule has 0 fully saturated rings. The molecular formula is C14H17NO. The van der Waals surface area contributed by atoms with Gasteiger partial charge in [-0.25, -0.2) is 0 Å². The molecule has 1 rings (SSSR count). The number of allylic oxidation sites excluding steroid dienone is 5. The average molecular weight is 215 g/mol. The van der Waals surface area contributed by atoms with Gasteiger partial charge in [-0.1, -0.05) is 24.3 Å². The van der Waals surface area contributed by atoms with Gasteiger partial charge in [0.05, 0.1) is 13.4 Å². The van der Waals surface area contributed by atoms with Crippen molar-refractivity contribution in [1.29, 1.82) is 0 Å². The third-order valence-corrected chi connectivity index (χ3v) is 2.21. The van der Waals surface area contributed by atoms with Crippen LogP contribution in [0.1, 0.15) is 18.2 Å². The van der Waals surface area contributed by atoms with Gasteiger partial charge in [0, 0.05) is 11.9 Å². The van der Waals surface area contributed by atoms with Crippen LogP contribution < -0.4 is 0 Å². The van der Waals surface area contributed by atoms with Crippen LogP contribution in [0.25, 0.3) is 5.57 Å². The predicted molar refractivity (Wildman–Crippen MR) is 67.9 cm³/mol. The fourth-order valence-electron chi connectivity index (χ4n) is 1.38. The van der Waals surface area contributed by atoms with Crippen molar-refractivity contribution in [3.8, 4) is 0 Å². The van der Waals surface area contributed by atoms with Crippen LogP contribution >= 0.6 is 0 Å². The van der Waals surface area contributed by atoms with Crippen LogP contribution in [0.5, 0.6) is 0 Å². The van der Waals surface area contributed by atoms with Crippen molar-refractivity contribution in [2.45, 2.75) is 13.8 Å². The third-order valence-electron chi connectivity index (χ3n) is 2.21. The molecule has 0 amide bonds. The van der Waals surface area contributed by atoms with Gasteiger partial charge >= 0.3 is 0 Å². The zero-order chi connectivity index (χ0) is 11.8. The Balaban J connectivity index is 2.74. The number of aromatic nitrogens is 1. The number of methoxy groups -OCH3 is 1. The molecule has 0 N–H and O–H groups in total. The van der Waals surface area contributed by atoms with Gasteiger partial charge in [0.2, 0.25) is 0 Å². The Bertz CT molecular complexity index is 416. The summed E-state index contributed by atoms with van der Waals surface area (Å²) in [6, 6.07) is 4.03. The van der Waals surface area contributed by atoms with E-state index in [1.165, 1.54) is 11.1 Å². The fourth-order valence-corrected chi connectivity index (χ4v) is 1.38. The number of aryl methyl sites for hydroxylation is 1. The van der Waals surface area contributed by atoms with Crippen molar-refractivity contribution in [3.63, 3.8) is 0 Å². The molecule has 2 heteroatoms. The molecule has 2 nitrogen and oxygen atoms in total. The fraction of sp³-hybridized carbons (Fsp3) is 0.214. The Morgan fingerprint density at radius 3 is 2.81 bits per heavy atom. The highest BCUT2D eigenvalue weighted by molar-refractivity contribution is 5.66. The minimum Gasteiger partial charge on any atom is -0.504 e. The Kier molecular flexibility index (Phi) is 5.06. The normalized spacial score (nSPS) is 12.6. The standard InChI is InChI=1S/C14H17NO/c1-12(8-5-4-6-11-16-3)14-9-7-10-15-13(14)2/h4-11H,1-3H3/b5-4-,11-6+,12-8+. The Labute approximate surface area is 97.0 Å². The number of rotatable bonds is 4. The van der Waals surface area contributed by atoms with Crippen LogP contribution in [0.4, 0.5) is 0 Å². The lowest BCUT2D eigenvalue weighted by atomic mass is 10.1. The number of hydrogen-bond acceptors (Lipinski definition) is 2. The first-order valence-electron chi connectivity index (χ1n) is 5.20. The van der Waals surface area contributed by atoms with Gasteiger partial charge in [-0.3, -0.25) is 4.98 Å². The van der Waals surface area contributed by atoms with Crippen molar-refractivity contribution >= 4 is 5.57 Å². The van der Waals surface area contributed by atoms with Crippen LogP contribution in [0.2, 0.25) is 0 Å². The summed E-state index contributed by atoms with van der Waals surface area (Å²) in [5.41, 5.74) is 3.44. The van der Waals surface area contributed by atoms with Gasteiger partial charge in [-0.15, -0.1) is 0 Å². The van der Waals surface area contributed by atoms with Gasteiger partial charge in [0.25, 0.3) is 0 Å². The summed E-state index contributed by atoms with van der Waals surface area (Å²) >= 11 is 0. The summed E-state index contributed by atoms with van der Waals surface area (Å²) in [6.45, 7) is 4.09. The molecular weight excluding hydrogens is 198 g/mol. The van der Waals surface area contributed by atoms with Crippen LogP contribution in [-0.2, 0) is 4.74 Å². The molecule has 0 atom stereocenters. The molecule has 0 aliphatic heterocycles. The molecule has 0 bridgehead atoms. The quantitative estimate of drug-likeness (QED) is 0.566. The summed E-state index contributed by atoms with van der Waals surface area (Å²) in [4.78, 5) is 4.26. The lowest BCUT2D eigenvalue weighted by molar-refractivity contribution is 0.338. The van der Waals surface area contributed by atoms with Crippen LogP contribution in [-0.4, -0.2) is 12.1 Å². The largest absolute Gasteiger partial charge is 0.504 e. The molecule has 84 valence electrons. The molecule has 0 saturated heterocycles. The first-order valence-corrected chi connectivity index (χ1v) is 5.20. The summed E-state index contributed by atoms with van der Waals surface area (Å²) in [7, 11) is 1.63. The lowest BCUT2D eigenvalue weighted by Gasteiger charge is -2.03. The SMILES string of the molecule is CO/C=C/C=C\C=C(/C)c1cccnc1C. The third kappa shape index (κ3) is 3.73. The molecule has 0 aromatic carbocycles. The van der Waals surface area contributed by atoms with Crippen molar-refractivity contribution in [3.05, 3.63) is 60.2 Å². The Hall–Kier alpha value is -1.83. The number of hydrogen-bond donors (Lipinski definition) is 0. The lowest BCUT2D eigenvalue weighted by Crippen LogP contribution is -1.87. The van der Waals surface area contributed by atoms with E-state index in [2.05, 4.69) is 24.1 Å². The van der Waals surface area contributed by atoms with E-state index in [1.807, 2.05) is 37.4 Å².